The number of halogens is 1. The van der Waals surface area contributed by atoms with Gasteiger partial charge in [0.1, 0.15) is 0 Å². The molecule has 1 atom stereocenters. The third-order valence-electron chi connectivity index (χ3n) is 3.82. The van der Waals surface area contributed by atoms with Crippen molar-refractivity contribution in [3.63, 3.8) is 0 Å². The fraction of sp³-hybridized carbons (Fsp3) is 0.250. The van der Waals surface area contributed by atoms with Gasteiger partial charge >= 0.3 is 0 Å². The van der Waals surface area contributed by atoms with Crippen LogP contribution in [-0.4, -0.2) is 27.2 Å². The Labute approximate surface area is 158 Å². The van der Waals surface area contributed by atoms with E-state index in [0.717, 1.165) is 11.1 Å². The average molecular weight is 376 g/mol. The molecule has 0 aliphatic carbocycles. The molecule has 0 aromatic heterocycles. The lowest BCUT2D eigenvalue weighted by molar-refractivity contribution is -0.117. The molecule has 2 aromatic rings. The first-order valence-electron chi connectivity index (χ1n) is 8.02. The molecule has 0 saturated carbocycles. The van der Waals surface area contributed by atoms with Crippen LogP contribution in [0.3, 0.4) is 0 Å². The maximum Gasteiger partial charge on any atom is 0.244 e. The van der Waals surface area contributed by atoms with Gasteiger partial charge in [-0.1, -0.05) is 23.7 Å². The summed E-state index contributed by atoms with van der Waals surface area (Å²) in [5.74, 6) is 1.34. The van der Waals surface area contributed by atoms with Gasteiger partial charge in [-0.3, -0.25) is 4.79 Å². The molecule has 0 saturated heterocycles. The molecule has 0 radical (unpaired) electrons. The van der Waals surface area contributed by atoms with E-state index in [1.165, 1.54) is 6.08 Å². The summed E-state index contributed by atoms with van der Waals surface area (Å²) in [5.41, 5.74) is 1.69. The van der Waals surface area contributed by atoms with Crippen molar-refractivity contribution >= 4 is 23.6 Å². The van der Waals surface area contributed by atoms with Crippen molar-refractivity contribution in [3.05, 3.63) is 58.6 Å². The summed E-state index contributed by atoms with van der Waals surface area (Å²) in [7, 11) is 4.63. The summed E-state index contributed by atoms with van der Waals surface area (Å²) in [6.07, 6.45) is 3.15. The Morgan fingerprint density at radius 1 is 1.08 bits per heavy atom. The number of benzene rings is 2. The lowest BCUT2D eigenvalue weighted by Gasteiger charge is -2.14. The summed E-state index contributed by atoms with van der Waals surface area (Å²) < 4.78 is 15.9. The van der Waals surface area contributed by atoms with Gasteiger partial charge in [0, 0.05) is 11.1 Å². The van der Waals surface area contributed by atoms with E-state index in [2.05, 4.69) is 5.32 Å². The minimum Gasteiger partial charge on any atom is -0.493 e. The highest BCUT2D eigenvalue weighted by Gasteiger charge is 2.12. The third-order valence-corrected chi connectivity index (χ3v) is 4.06. The van der Waals surface area contributed by atoms with E-state index in [-0.39, 0.29) is 11.9 Å². The minimum absolute atomic E-state index is 0.161. The molecule has 0 aliphatic heterocycles. The van der Waals surface area contributed by atoms with Gasteiger partial charge < -0.3 is 19.5 Å². The summed E-state index contributed by atoms with van der Waals surface area (Å²) in [4.78, 5) is 12.2. The van der Waals surface area contributed by atoms with E-state index in [1.54, 1.807) is 45.6 Å². The summed E-state index contributed by atoms with van der Waals surface area (Å²) in [6.45, 7) is 1.90. The second kappa shape index (κ2) is 9.15. The molecule has 0 fully saturated rings. The van der Waals surface area contributed by atoms with Crippen molar-refractivity contribution in [2.45, 2.75) is 13.0 Å². The lowest BCUT2D eigenvalue weighted by atomic mass is 10.1. The molecule has 26 heavy (non-hydrogen) atoms. The van der Waals surface area contributed by atoms with Gasteiger partial charge in [-0.25, -0.2) is 0 Å². The van der Waals surface area contributed by atoms with Crippen molar-refractivity contribution in [1.82, 2.24) is 5.32 Å². The molecule has 1 N–H and O–H groups in total. The van der Waals surface area contributed by atoms with E-state index in [4.69, 9.17) is 25.8 Å². The minimum atomic E-state index is -0.216. The topological polar surface area (TPSA) is 56.8 Å². The predicted molar refractivity (Wildman–Crippen MR) is 103 cm³/mol. The van der Waals surface area contributed by atoms with Crippen LogP contribution in [0.15, 0.2) is 42.5 Å². The van der Waals surface area contributed by atoms with Crippen molar-refractivity contribution < 1.29 is 19.0 Å². The van der Waals surface area contributed by atoms with E-state index in [1.807, 2.05) is 25.1 Å². The SMILES string of the molecule is COc1cc(/C=C/C(=O)N[C@@H](C)c2cccc(Cl)c2)cc(OC)c1OC. The van der Waals surface area contributed by atoms with Crippen molar-refractivity contribution in [2.75, 3.05) is 21.3 Å². The standard InChI is InChI=1S/C20H22ClNO4/c1-13(15-6-5-7-16(21)12-15)22-19(23)9-8-14-10-17(24-2)20(26-4)18(11-14)25-3/h5-13H,1-4H3,(H,22,23)/b9-8+/t13-/m0/s1. The smallest absolute Gasteiger partial charge is 0.244 e. The van der Waals surface area contributed by atoms with Crippen LogP contribution in [0.4, 0.5) is 0 Å². The fourth-order valence-corrected chi connectivity index (χ4v) is 2.69. The number of nitrogens with one attached hydrogen (secondary N) is 1. The van der Waals surface area contributed by atoms with Crippen LogP contribution in [0.5, 0.6) is 17.2 Å². The Morgan fingerprint density at radius 3 is 2.27 bits per heavy atom. The number of hydrogen-bond donors (Lipinski definition) is 1. The summed E-state index contributed by atoms with van der Waals surface area (Å²) in [6, 6.07) is 10.8. The third kappa shape index (κ3) is 4.92. The molecule has 138 valence electrons. The van der Waals surface area contributed by atoms with Crippen LogP contribution in [0, 0.1) is 0 Å². The van der Waals surface area contributed by atoms with Crippen molar-refractivity contribution in [1.29, 1.82) is 0 Å². The number of ether oxygens (including phenoxy) is 3. The molecule has 2 rings (SSSR count). The van der Waals surface area contributed by atoms with Crippen LogP contribution >= 0.6 is 11.6 Å². The van der Waals surface area contributed by atoms with Gasteiger partial charge in [0.15, 0.2) is 11.5 Å². The second-order valence-electron chi connectivity index (χ2n) is 5.58. The summed E-state index contributed by atoms with van der Waals surface area (Å²) >= 11 is 5.99. The molecule has 0 bridgehead atoms. The molecule has 1 amide bonds. The van der Waals surface area contributed by atoms with Crippen LogP contribution in [0.1, 0.15) is 24.1 Å². The molecule has 0 aliphatic rings. The van der Waals surface area contributed by atoms with E-state index in [9.17, 15) is 4.79 Å². The Balaban J connectivity index is 2.12. The zero-order valence-electron chi connectivity index (χ0n) is 15.2. The van der Waals surface area contributed by atoms with Gasteiger partial charge in [0.05, 0.1) is 27.4 Å². The maximum atomic E-state index is 12.2. The average Bonchev–Trinajstić information content (AvgIpc) is 2.65. The van der Waals surface area contributed by atoms with Gasteiger partial charge in [0.2, 0.25) is 11.7 Å². The quantitative estimate of drug-likeness (QED) is 0.735. The highest BCUT2D eigenvalue weighted by atomic mass is 35.5. The van der Waals surface area contributed by atoms with E-state index >= 15 is 0 Å². The molecule has 0 spiro atoms. The van der Waals surface area contributed by atoms with Crippen LogP contribution < -0.4 is 19.5 Å². The number of carbonyl (C=O) groups is 1. The monoisotopic (exact) mass is 375 g/mol. The number of rotatable bonds is 7. The lowest BCUT2D eigenvalue weighted by Crippen LogP contribution is -2.24. The zero-order valence-corrected chi connectivity index (χ0v) is 16.0. The zero-order chi connectivity index (χ0) is 19.1. The molecule has 5 nitrogen and oxygen atoms in total. The molecule has 6 heteroatoms. The van der Waals surface area contributed by atoms with Crippen molar-refractivity contribution in [2.24, 2.45) is 0 Å². The first-order chi connectivity index (χ1) is 12.5. The summed E-state index contributed by atoms with van der Waals surface area (Å²) in [5, 5.41) is 3.54. The molecular formula is C20H22ClNO4. The van der Waals surface area contributed by atoms with Crippen molar-refractivity contribution in [3.8, 4) is 17.2 Å². The van der Waals surface area contributed by atoms with Crippen LogP contribution in [-0.2, 0) is 4.79 Å². The van der Waals surface area contributed by atoms with E-state index in [0.29, 0.717) is 22.3 Å². The molecule has 0 unspecified atom stereocenters. The first-order valence-corrected chi connectivity index (χ1v) is 8.40. The highest BCUT2D eigenvalue weighted by Crippen LogP contribution is 2.38. The highest BCUT2D eigenvalue weighted by molar-refractivity contribution is 6.30. The Kier molecular flexibility index (Phi) is 6.92. The number of amides is 1. The predicted octanol–water partition coefficient (Wildman–Crippen LogP) is 4.26. The van der Waals surface area contributed by atoms with Gasteiger partial charge in [0.25, 0.3) is 0 Å². The second-order valence-corrected chi connectivity index (χ2v) is 6.01. The number of hydrogen-bond acceptors (Lipinski definition) is 4. The Morgan fingerprint density at radius 2 is 1.73 bits per heavy atom. The molecule has 0 heterocycles. The van der Waals surface area contributed by atoms with Crippen LogP contribution in [0.2, 0.25) is 5.02 Å². The first kappa shape index (κ1) is 19.7. The molecule has 2 aromatic carbocycles. The van der Waals surface area contributed by atoms with E-state index < -0.39 is 0 Å². The Hall–Kier alpha value is -2.66. The number of carbonyl (C=O) groups excluding carboxylic acids is 1. The normalized spacial score (nSPS) is 11.9. The van der Waals surface area contributed by atoms with Gasteiger partial charge in [-0.2, -0.15) is 0 Å². The fourth-order valence-electron chi connectivity index (χ4n) is 2.49. The molecular weight excluding hydrogens is 354 g/mol. The maximum absolute atomic E-state index is 12.2. The number of methoxy groups -OCH3 is 3. The van der Waals surface area contributed by atoms with Crippen LogP contribution in [0.25, 0.3) is 6.08 Å². The van der Waals surface area contributed by atoms with Gasteiger partial charge in [-0.05, 0) is 48.4 Å². The largest absolute Gasteiger partial charge is 0.493 e. The Bertz CT molecular complexity index is 779. The van der Waals surface area contributed by atoms with Gasteiger partial charge in [-0.15, -0.1) is 0 Å².